The molecule has 104 valence electrons. The number of halogens is 1. The van der Waals surface area contributed by atoms with Crippen LogP contribution in [0.3, 0.4) is 0 Å². The topological polar surface area (TPSA) is 68.3 Å². The Hall–Kier alpha value is -1.79. The van der Waals surface area contributed by atoms with Gasteiger partial charge in [0.1, 0.15) is 15.8 Å². The molecule has 0 fully saturated rings. The first-order valence-corrected chi connectivity index (χ1v) is 7.81. The molecule has 1 aromatic carbocycles. The molecule has 20 heavy (non-hydrogen) atoms. The summed E-state index contributed by atoms with van der Waals surface area (Å²) in [4.78, 5) is 3.73. The second-order valence-corrected chi connectivity index (χ2v) is 6.33. The molecule has 0 aliphatic carbocycles. The van der Waals surface area contributed by atoms with Crippen molar-refractivity contribution in [2.45, 2.75) is 11.3 Å². The number of nitrogens with one attached hydrogen (secondary N) is 1. The van der Waals surface area contributed by atoms with Crippen LogP contribution in [0, 0.1) is 0 Å². The van der Waals surface area contributed by atoms with E-state index in [1.54, 1.807) is 18.2 Å². The predicted molar refractivity (Wildman–Crippen MR) is 75.7 cm³/mol. The molecule has 2 aromatic rings. The van der Waals surface area contributed by atoms with Gasteiger partial charge in [0.2, 0.25) is 0 Å². The molecule has 1 aromatic heterocycles. The molecule has 0 saturated carbocycles. The van der Waals surface area contributed by atoms with Crippen molar-refractivity contribution >= 4 is 27.3 Å². The van der Waals surface area contributed by atoms with Gasteiger partial charge in [0.05, 0.1) is 6.61 Å². The highest BCUT2D eigenvalue weighted by molar-refractivity contribution is 7.92. The zero-order chi connectivity index (χ0) is 14.2. The SMILES string of the molecule is O=S(=O)(Nc1ccc2c(c1)CCO2)c1cccnc1Cl. The van der Waals surface area contributed by atoms with Crippen molar-refractivity contribution in [3.8, 4) is 5.75 Å². The standard InChI is InChI=1S/C13H11ClN2O3S/c14-13-12(2-1-6-15-13)20(17,18)16-10-3-4-11-9(8-10)5-7-19-11/h1-4,6,8,16H,5,7H2. The molecule has 0 spiro atoms. The number of anilines is 1. The van der Waals surface area contributed by atoms with Gasteiger partial charge >= 0.3 is 0 Å². The van der Waals surface area contributed by atoms with Crippen LogP contribution < -0.4 is 9.46 Å². The first-order chi connectivity index (χ1) is 9.56. The van der Waals surface area contributed by atoms with Gasteiger partial charge in [-0.3, -0.25) is 4.72 Å². The van der Waals surface area contributed by atoms with Crippen molar-refractivity contribution in [2.24, 2.45) is 0 Å². The minimum Gasteiger partial charge on any atom is -0.493 e. The van der Waals surface area contributed by atoms with Crippen LogP contribution in [0.15, 0.2) is 41.4 Å². The summed E-state index contributed by atoms with van der Waals surface area (Å²) in [6.07, 6.45) is 2.21. The lowest BCUT2D eigenvalue weighted by atomic mass is 10.1. The van der Waals surface area contributed by atoms with Crippen LogP contribution in [-0.4, -0.2) is 20.0 Å². The van der Waals surface area contributed by atoms with E-state index >= 15 is 0 Å². The maximum atomic E-state index is 12.3. The molecule has 0 amide bonds. The van der Waals surface area contributed by atoms with Crippen LogP contribution in [0.25, 0.3) is 0 Å². The third kappa shape index (κ3) is 2.44. The highest BCUT2D eigenvalue weighted by atomic mass is 35.5. The van der Waals surface area contributed by atoms with E-state index in [4.69, 9.17) is 16.3 Å². The van der Waals surface area contributed by atoms with E-state index in [0.29, 0.717) is 12.3 Å². The van der Waals surface area contributed by atoms with Gasteiger partial charge in [-0.25, -0.2) is 13.4 Å². The van der Waals surface area contributed by atoms with E-state index in [2.05, 4.69) is 9.71 Å². The Morgan fingerprint density at radius 1 is 1.30 bits per heavy atom. The first kappa shape index (κ1) is 13.2. The predicted octanol–water partition coefficient (Wildman–Crippen LogP) is 2.47. The van der Waals surface area contributed by atoms with Crippen LogP contribution in [0.4, 0.5) is 5.69 Å². The Kier molecular flexibility index (Phi) is 3.27. The number of pyridine rings is 1. The van der Waals surface area contributed by atoms with E-state index in [1.165, 1.54) is 18.3 Å². The minimum atomic E-state index is -3.75. The van der Waals surface area contributed by atoms with E-state index < -0.39 is 10.0 Å². The normalized spacial score (nSPS) is 13.7. The summed E-state index contributed by atoms with van der Waals surface area (Å²) in [6, 6.07) is 8.12. The van der Waals surface area contributed by atoms with Crippen molar-refractivity contribution in [3.05, 3.63) is 47.2 Å². The van der Waals surface area contributed by atoms with E-state index in [9.17, 15) is 8.42 Å². The number of rotatable bonds is 3. The number of ether oxygens (including phenoxy) is 1. The summed E-state index contributed by atoms with van der Waals surface area (Å²) in [7, 11) is -3.75. The van der Waals surface area contributed by atoms with Crippen molar-refractivity contribution in [1.82, 2.24) is 4.98 Å². The zero-order valence-electron chi connectivity index (χ0n) is 10.3. The third-order valence-corrected chi connectivity index (χ3v) is 4.78. The third-order valence-electron chi connectivity index (χ3n) is 2.96. The van der Waals surface area contributed by atoms with E-state index in [-0.39, 0.29) is 10.0 Å². The molecule has 3 rings (SSSR count). The molecule has 0 bridgehead atoms. The fourth-order valence-electron chi connectivity index (χ4n) is 2.03. The van der Waals surface area contributed by atoms with Crippen LogP contribution >= 0.6 is 11.6 Å². The number of hydrogen-bond acceptors (Lipinski definition) is 4. The minimum absolute atomic E-state index is 0.0431. The molecule has 1 aliphatic rings. The summed E-state index contributed by atoms with van der Waals surface area (Å²) >= 11 is 5.82. The largest absolute Gasteiger partial charge is 0.493 e. The summed E-state index contributed by atoms with van der Waals surface area (Å²) in [5, 5.41) is -0.0514. The summed E-state index contributed by atoms with van der Waals surface area (Å²) < 4.78 is 32.4. The average Bonchev–Trinajstić information content (AvgIpc) is 2.86. The highest BCUT2D eigenvalue weighted by Crippen LogP contribution is 2.29. The van der Waals surface area contributed by atoms with E-state index in [1.807, 2.05) is 0 Å². The van der Waals surface area contributed by atoms with Gasteiger partial charge in [-0.05, 0) is 35.9 Å². The molecule has 1 aliphatic heterocycles. The van der Waals surface area contributed by atoms with Crippen LogP contribution in [0.2, 0.25) is 5.15 Å². The molecule has 0 atom stereocenters. The number of fused-ring (bicyclic) bond motifs is 1. The Morgan fingerprint density at radius 3 is 2.95 bits per heavy atom. The highest BCUT2D eigenvalue weighted by Gasteiger charge is 2.20. The summed E-state index contributed by atoms with van der Waals surface area (Å²) in [6.45, 7) is 0.625. The fourth-order valence-corrected chi connectivity index (χ4v) is 3.54. The average molecular weight is 311 g/mol. The maximum absolute atomic E-state index is 12.3. The van der Waals surface area contributed by atoms with Crippen LogP contribution in [-0.2, 0) is 16.4 Å². The molecule has 1 N–H and O–H groups in total. The molecular weight excluding hydrogens is 300 g/mol. The van der Waals surface area contributed by atoms with Crippen molar-refractivity contribution in [1.29, 1.82) is 0 Å². The van der Waals surface area contributed by atoms with Crippen molar-refractivity contribution in [2.75, 3.05) is 11.3 Å². The molecule has 0 saturated heterocycles. The first-order valence-electron chi connectivity index (χ1n) is 5.95. The number of nitrogens with zero attached hydrogens (tertiary/aromatic N) is 1. The van der Waals surface area contributed by atoms with Gasteiger partial charge in [-0.1, -0.05) is 11.6 Å². The molecule has 7 heteroatoms. The zero-order valence-corrected chi connectivity index (χ0v) is 11.9. The maximum Gasteiger partial charge on any atom is 0.264 e. The number of hydrogen-bond donors (Lipinski definition) is 1. The molecule has 0 radical (unpaired) electrons. The molecule has 5 nitrogen and oxygen atoms in total. The van der Waals surface area contributed by atoms with Gasteiger partial charge in [-0.2, -0.15) is 0 Å². The molecule has 0 unspecified atom stereocenters. The van der Waals surface area contributed by atoms with Crippen LogP contribution in [0.5, 0.6) is 5.75 Å². The smallest absolute Gasteiger partial charge is 0.264 e. The molecular formula is C13H11ClN2O3S. The van der Waals surface area contributed by atoms with Gasteiger partial charge in [0, 0.05) is 18.3 Å². The number of sulfonamides is 1. The van der Waals surface area contributed by atoms with Crippen molar-refractivity contribution < 1.29 is 13.2 Å². The lowest BCUT2D eigenvalue weighted by Gasteiger charge is -2.09. The Balaban J connectivity index is 1.93. The second kappa shape index (κ2) is 4.96. The van der Waals surface area contributed by atoms with Gasteiger partial charge in [0.15, 0.2) is 0 Å². The molecule has 2 heterocycles. The monoisotopic (exact) mass is 310 g/mol. The summed E-state index contributed by atoms with van der Waals surface area (Å²) in [5.74, 6) is 0.798. The van der Waals surface area contributed by atoms with Gasteiger partial charge in [-0.15, -0.1) is 0 Å². The number of aromatic nitrogens is 1. The lowest BCUT2D eigenvalue weighted by molar-refractivity contribution is 0.357. The Labute approximate surface area is 121 Å². The lowest BCUT2D eigenvalue weighted by Crippen LogP contribution is -2.13. The fraction of sp³-hybridized carbons (Fsp3) is 0.154. The summed E-state index contributed by atoms with van der Waals surface area (Å²) in [5.41, 5.74) is 1.47. The van der Waals surface area contributed by atoms with Gasteiger partial charge < -0.3 is 4.74 Å². The second-order valence-electron chi connectivity index (χ2n) is 4.32. The number of benzene rings is 1. The quantitative estimate of drug-likeness (QED) is 0.884. The van der Waals surface area contributed by atoms with Crippen molar-refractivity contribution in [3.63, 3.8) is 0 Å². The van der Waals surface area contributed by atoms with Gasteiger partial charge in [0.25, 0.3) is 10.0 Å². The Morgan fingerprint density at radius 2 is 2.15 bits per heavy atom. The van der Waals surface area contributed by atoms with Crippen LogP contribution in [0.1, 0.15) is 5.56 Å². The Bertz CT molecular complexity index is 762. The van der Waals surface area contributed by atoms with E-state index in [0.717, 1.165) is 17.7 Å².